The maximum absolute atomic E-state index is 4.24. The number of nitrogens with zero attached hydrogens (tertiary/aromatic N) is 2. The summed E-state index contributed by atoms with van der Waals surface area (Å²) in [5.74, 6) is 0. The summed E-state index contributed by atoms with van der Waals surface area (Å²) in [5.41, 5.74) is 2.40. The minimum atomic E-state index is 1.13. The normalized spacial score (nSPS) is 9.77. The van der Waals surface area contributed by atoms with Crippen LogP contribution < -0.4 is 0 Å². The summed E-state index contributed by atoms with van der Waals surface area (Å²) < 4.78 is 3.89. The van der Waals surface area contributed by atoms with Gasteiger partial charge >= 0.3 is 0 Å². The van der Waals surface area contributed by atoms with Gasteiger partial charge in [-0.1, -0.05) is 54.1 Å². The zero-order chi connectivity index (χ0) is 19.7. The Morgan fingerprint density at radius 3 is 1.77 bits per heavy atom. The lowest BCUT2D eigenvalue weighted by atomic mass is 10.1. The Morgan fingerprint density at radius 2 is 1.27 bits per heavy atom. The van der Waals surface area contributed by atoms with Crippen LogP contribution >= 0.6 is 23.7 Å². The van der Waals surface area contributed by atoms with E-state index in [-0.39, 0.29) is 0 Å². The first-order valence-electron chi connectivity index (χ1n) is 8.68. The molecule has 0 aromatic heterocycles. The molecule has 0 amide bonds. The number of hydrogen-bond acceptors (Lipinski definition) is 2. The van der Waals surface area contributed by atoms with Gasteiger partial charge in [0.15, 0.2) is 0 Å². The van der Waals surface area contributed by atoms with Crippen LogP contribution in [0.2, 0.25) is 0 Å². The van der Waals surface area contributed by atoms with Crippen molar-refractivity contribution in [3.8, 4) is 0 Å². The van der Waals surface area contributed by atoms with E-state index in [1.165, 1.54) is 20.9 Å². The van der Waals surface area contributed by atoms with Gasteiger partial charge in [0.1, 0.15) is 25.0 Å². The zero-order valence-electron chi connectivity index (χ0n) is 16.7. The molecule has 140 valence electrons. The van der Waals surface area contributed by atoms with Crippen LogP contribution in [0.4, 0.5) is 0 Å². The number of benzene rings is 2. The van der Waals surface area contributed by atoms with Crippen molar-refractivity contribution >= 4 is 37.1 Å². The molecule has 0 aliphatic heterocycles. The fraction of sp³-hybridized carbons (Fsp3) is 0.273. The standard InChI is InChI=1S/C20H24N2S2.C2H6/c1-15(21(3)4)17-11-8-10-14-20(17)24-22(5)16(2)18-12-7-9-13-19(18)23-6;1-2/h7-14H,3,5H2,1-2,4,6H3;1-2H3. The Labute approximate surface area is 168 Å². The van der Waals surface area contributed by atoms with Gasteiger partial charge in [0.25, 0.3) is 0 Å². The quantitative estimate of drug-likeness (QED) is 0.189. The third kappa shape index (κ3) is 5.61. The van der Waals surface area contributed by atoms with E-state index in [9.17, 15) is 0 Å². The fourth-order valence-corrected chi connectivity index (χ4v) is 3.89. The number of hydrogen-bond donors (Lipinski definition) is 0. The first-order chi connectivity index (χ1) is 12.5. The maximum atomic E-state index is 4.24. The summed E-state index contributed by atoms with van der Waals surface area (Å²) >= 11 is 3.39. The van der Waals surface area contributed by atoms with Crippen molar-refractivity contribution < 1.29 is 8.56 Å². The van der Waals surface area contributed by atoms with Crippen molar-refractivity contribution in [3.05, 3.63) is 71.7 Å². The van der Waals surface area contributed by atoms with E-state index in [1.807, 2.05) is 29.5 Å². The Kier molecular flexibility index (Phi) is 9.46. The second kappa shape index (κ2) is 11.0. The third-order valence-electron chi connectivity index (χ3n) is 3.93. The third-order valence-corrected chi connectivity index (χ3v) is 5.77. The van der Waals surface area contributed by atoms with Gasteiger partial charge in [0.05, 0.1) is 19.5 Å². The molecule has 0 spiro atoms. The Balaban J connectivity index is 0.00000163. The molecule has 0 bridgehead atoms. The van der Waals surface area contributed by atoms with Gasteiger partial charge < -0.3 is 0 Å². The van der Waals surface area contributed by atoms with E-state index >= 15 is 0 Å². The van der Waals surface area contributed by atoms with Gasteiger partial charge in [0, 0.05) is 4.90 Å². The molecule has 2 aromatic rings. The highest BCUT2D eigenvalue weighted by molar-refractivity contribution is 7.98. The molecule has 0 aliphatic rings. The maximum Gasteiger partial charge on any atom is 0.131 e. The van der Waals surface area contributed by atoms with Crippen LogP contribution in [0.3, 0.4) is 0 Å². The first kappa shape index (κ1) is 22.3. The molecule has 2 rings (SSSR count). The van der Waals surface area contributed by atoms with Crippen molar-refractivity contribution in [2.75, 3.05) is 13.3 Å². The summed E-state index contributed by atoms with van der Waals surface area (Å²) in [6, 6.07) is 19.1. The monoisotopic (exact) mass is 386 g/mol. The Hall–Kier alpha value is -1.78. The summed E-state index contributed by atoms with van der Waals surface area (Å²) in [6.07, 6.45) is 2.10. The van der Waals surface area contributed by atoms with Gasteiger partial charge in [-0.25, -0.2) is 3.98 Å². The van der Waals surface area contributed by atoms with Crippen LogP contribution in [0.1, 0.15) is 38.8 Å². The summed E-state index contributed by atoms with van der Waals surface area (Å²) in [6.45, 7) is 16.4. The van der Waals surface area contributed by atoms with Crippen molar-refractivity contribution in [1.82, 2.24) is 0 Å². The van der Waals surface area contributed by atoms with E-state index in [1.54, 1.807) is 23.7 Å². The molecule has 0 saturated carbocycles. The Bertz CT molecular complexity index is 740. The minimum absolute atomic E-state index is 1.13. The SMILES string of the molecule is C=[N+](C)[C-](C)c1ccccc1S[N+](=C)[C-](C)c1ccccc1SC.CC. The average Bonchev–Trinajstić information content (AvgIpc) is 2.68. The van der Waals surface area contributed by atoms with Crippen molar-refractivity contribution in [2.24, 2.45) is 0 Å². The molecule has 0 radical (unpaired) electrons. The van der Waals surface area contributed by atoms with Gasteiger partial charge in [-0.15, -0.1) is 24.3 Å². The molecule has 2 aromatic carbocycles. The summed E-state index contributed by atoms with van der Waals surface area (Å²) in [7, 11) is 1.96. The van der Waals surface area contributed by atoms with Gasteiger partial charge in [-0.05, 0) is 20.1 Å². The van der Waals surface area contributed by atoms with Crippen LogP contribution in [0, 0.1) is 12.1 Å². The molecular weight excluding hydrogens is 356 g/mol. The fourth-order valence-electron chi connectivity index (χ4n) is 2.32. The lowest BCUT2D eigenvalue weighted by Crippen LogP contribution is -2.13. The zero-order valence-corrected chi connectivity index (χ0v) is 18.4. The molecule has 0 atom stereocenters. The van der Waals surface area contributed by atoms with Crippen LogP contribution in [0.5, 0.6) is 0 Å². The largest absolute Gasteiger partial charge is 0.291 e. The van der Waals surface area contributed by atoms with Crippen molar-refractivity contribution in [1.29, 1.82) is 0 Å². The lowest BCUT2D eigenvalue weighted by Gasteiger charge is -2.21. The highest BCUT2D eigenvalue weighted by atomic mass is 32.2. The smallest absolute Gasteiger partial charge is 0.131 e. The predicted molar refractivity (Wildman–Crippen MR) is 119 cm³/mol. The van der Waals surface area contributed by atoms with E-state index in [0.717, 1.165) is 12.1 Å². The number of rotatable bonds is 7. The van der Waals surface area contributed by atoms with E-state index in [0.29, 0.717) is 0 Å². The van der Waals surface area contributed by atoms with E-state index in [2.05, 4.69) is 82.1 Å². The highest BCUT2D eigenvalue weighted by Crippen LogP contribution is 2.34. The molecule has 0 fully saturated rings. The topological polar surface area (TPSA) is 6.02 Å². The van der Waals surface area contributed by atoms with Crippen molar-refractivity contribution in [2.45, 2.75) is 37.5 Å². The first-order valence-corrected chi connectivity index (χ1v) is 10.7. The molecule has 0 unspecified atom stereocenters. The van der Waals surface area contributed by atoms with Gasteiger partial charge in [-0.3, -0.25) is 4.58 Å². The minimum Gasteiger partial charge on any atom is -0.291 e. The molecule has 0 aliphatic carbocycles. The van der Waals surface area contributed by atoms with Crippen LogP contribution in [-0.2, 0) is 0 Å². The highest BCUT2D eigenvalue weighted by Gasteiger charge is 2.17. The van der Waals surface area contributed by atoms with E-state index in [4.69, 9.17) is 0 Å². The molecule has 4 heteroatoms. The summed E-state index contributed by atoms with van der Waals surface area (Å²) in [4.78, 5) is 2.43. The van der Waals surface area contributed by atoms with Gasteiger partial charge in [-0.2, -0.15) is 11.8 Å². The molecule has 2 nitrogen and oxygen atoms in total. The second-order valence-electron chi connectivity index (χ2n) is 5.53. The van der Waals surface area contributed by atoms with Crippen LogP contribution in [0.15, 0.2) is 58.3 Å². The van der Waals surface area contributed by atoms with Gasteiger partial charge in [0.2, 0.25) is 0 Å². The molecular formula is C22H30N2S2. The lowest BCUT2D eigenvalue weighted by molar-refractivity contribution is -0.465. The van der Waals surface area contributed by atoms with Crippen molar-refractivity contribution in [3.63, 3.8) is 0 Å². The van der Waals surface area contributed by atoms with E-state index < -0.39 is 0 Å². The summed E-state index contributed by atoms with van der Waals surface area (Å²) in [5, 5.41) is 0. The molecule has 0 heterocycles. The number of thioether (sulfide) groups is 1. The second-order valence-corrected chi connectivity index (χ2v) is 7.45. The molecule has 0 N–H and O–H groups in total. The molecule has 26 heavy (non-hydrogen) atoms. The predicted octanol–water partition coefficient (Wildman–Crippen LogP) is 6.00. The van der Waals surface area contributed by atoms with Crippen LogP contribution in [0.25, 0.3) is 0 Å². The average molecular weight is 387 g/mol. The Morgan fingerprint density at radius 1 is 0.808 bits per heavy atom. The molecule has 0 saturated heterocycles. The van der Waals surface area contributed by atoms with Crippen LogP contribution in [-0.4, -0.2) is 35.3 Å².